The van der Waals surface area contributed by atoms with Gasteiger partial charge in [-0.3, -0.25) is 10.1 Å². The van der Waals surface area contributed by atoms with Crippen LogP contribution in [0.4, 0.5) is 21.6 Å². The molecule has 1 aromatic heterocycles. The number of hydrogen-bond acceptors (Lipinski definition) is 5. The standard InChI is InChI=1S/C17H23FN4O2/c1-10(2)22(5)15-7-6-13(9-14(15)18)19-12(4)17(23)20-16-8-11(3)21-24-16/h6-10,12,19H,1-5H3,(H,20,23)/t12-/m1/s1. The molecule has 1 heterocycles. The number of halogens is 1. The van der Waals surface area contributed by atoms with Crippen molar-refractivity contribution in [2.75, 3.05) is 22.6 Å². The van der Waals surface area contributed by atoms with Gasteiger partial charge >= 0.3 is 0 Å². The van der Waals surface area contributed by atoms with Gasteiger partial charge in [0.15, 0.2) is 0 Å². The second-order valence-corrected chi connectivity index (χ2v) is 6.06. The van der Waals surface area contributed by atoms with Gasteiger partial charge in [0.1, 0.15) is 11.9 Å². The molecule has 0 saturated heterocycles. The quantitative estimate of drug-likeness (QED) is 0.847. The van der Waals surface area contributed by atoms with Crippen molar-refractivity contribution >= 4 is 23.2 Å². The van der Waals surface area contributed by atoms with Crippen LogP contribution in [-0.4, -0.2) is 30.2 Å². The third kappa shape index (κ3) is 4.24. The zero-order valence-electron chi connectivity index (χ0n) is 14.6. The van der Waals surface area contributed by atoms with Crippen LogP contribution >= 0.6 is 0 Å². The van der Waals surface area contributed by atoms with Gasteiger partial charge in [0.05, 0.1) is 11.4 Å². The number of carbonyl (C=O) groups is 1. The van der Waals surface area contributed by atoms with E-state index in [9.17, 15) is 9.18 Å². The average molecular weight is 334 g/mol. The van der Waals surface area contributed by atoms with E-state index in [4.69, 9.17) is 4.52 Å². The fourth-order valence-corrected chi connectivity index (χ4v) is 2.13. The molecule has 0 fully saturated rings. The lowest BCUT2D eigenvalue weighted by Crippen LogP contribution is -2.32. The smallest absolute Gasteiger partial charge is 0.248 e. The molecule has 2 aromatic rings. The molecular weight excluding hydrogens is 311 g/mol. The van der Waals surface area contributed by atoms with Crippen LogP contribution in [0.1, 0.15) is 26.5 Å². The first-order chi connectivity index (χ1) is 11.3. The zero-order valence-corrected chi connectivity index (χ0v) is 14.6. The van der Waals surface area contributed by atoms with E-state index in [-0.39, 0.29) is 23.7 Å². The van der Waals surface area contributed by atoms with E-state index >= 15 is 0 Å². The molecule has 0 aliphatic carbocycles. The van der Waals surface area contributed by atoms with Crippen LogP contribution < -0.4 is 15.5 Å². The minimum atomic E-state index is -0.566. The first kappa shape index (κ1) is 17.8. The Morgan fingerprint density at radius 1 is 1.29 bits per heavy atom. The summed E-state index contributed by atoms with van der Waals surface area (Å²) in [6, 6.07) is 6.08. The Morgan fingerprint density at radius 3 is 2.54 bits per heavy atom. The third-order valence-corrected chi connectivity index (χ3v) is 3.75. The lowest BCUT2D eigenvalue weighted by Gasteiger charge is -2.24. The second-order valence-electron chi connectivity index (χ2n) is 6.06. The lowest BCUT2D eigenvalue weighted by atomic mass is 10.2. The van der Waals surface area contributed by atoms with Crippen LogP contribution in [0.15, 0.2) is 28.8 Å². The van der Waals surface area contributed by atoms with Crippen molar-refractivity contribution < 1.29 is 13.7 Å². The van der Waals surface area contributed by atoms with E-state index in [0.29, 0.717) is 17.1 Å². The lowest BCUT2D eigenvalue weighted by molar-refractivity contribution is -0.116. The van der Waals surface area contributed by atoms with Crippen LogP contribution in [0.3, 0.4) is 0 Å². The minimum Gasteiger partial charge on any atom is -0.374 e. The highest BCUT2D eigenvalue weighted by Crippen LogP contribution is 2.24. The van der Waals surface area contributed by atoms with E-state index in [1.807, 2.05) is 25.8 Å². The summed E-state index contributed by atoms with van der Waals surface area (Å²) in [6.45, 7) is 7.43. The topological polar surface area (TPSA) is 70.4 Å². The molecule has 0 aliphatic heterocycles. The molecule has 1 atom stereocenters. The average Bonchev–Trinajstić information content (AvgIpc) is 2.91. The van der Waals surface area contributed by atoms with Gasteiger partial charge in [-0.25, -0.2) is 4.39 Å². The first-order valence-corrected chi connectivity index (χ1v) is 7.81. The SMILES string of the molecule is Cc1cc(NC(=O)[C@@H](C)Nc2ccc(N(C)C(C)C)c(F)c2)on1. The predicted molar refractivity (Wildman–Crippen MR) is 92.9 cm³/mol. The largest absolute Gasteiger partial charge is 0.374 e. The molecule has 6 nitrogen and oxygen atoms in total. The van der Waals surface area contributed by atoms with Crippen LogP contribution in [0.25, 0.3) is 0 Å². The van der Waals surface area contributed by atoms with Crippen molar-refractivity contribution in [3.63, 3.8) is 0 Å². The van der Waals surface area contributed by atoms with E-state index in [1.54, 1.807) is 32.0 Å². The Kier molecular flexibility index (Phi) is 5.43. The fourth-order valence-electron chi connectivity index (χ4n) is 2.13. The molecule has 0 aliphatic rings. The summed E-state index contributed by atoms with van der Waals surface area (Å²) in [5, 5.41) is 9.28. The van der Waals surface area contributed by atoms with Crippen molar-refractivity contribution in [2.45, 2.75) is 39.8 Å². The molecule has 2 N–H and O–H groups in total. The highest BCUT2D eigenvalue weighted by Gasteiger charge is 2.16. The summed E-state index contributed by atoms with van der Waals surface area (Å²) >= 11 is 0. The van der Waals surface area contributed by atoms with Crippen LogP contribution in [0.2, 0.25) is 0 Å². The fraction of sp³-hybridized carbons (Fsp3) is 0.412. The number of hydrogen-bond donors (Lipinski definition) is 2. The van der Waals surface area contributed by atoms with Gasteiger partial charge in [0.25, 0.3) is 0 Å². The van der Waals surface area contributed by atoms with Crippen molar-refractivity contribution in [2.24, 2.45) is 0 Å². The molecule has 0 unspecified atom stereocenters. The van der Waals surface area contributed by atoms with E-state index in [2.05, 4.69) is 15.8 Å². The van der Waals surface area contributed by atoms with E-state index in [1.165, 1.54) is 6.07 Å². The Hall–Kier alpha value is -2.57. The summed E-state index contributed by atoms with van der Waals surface area (Å²) in [5.41, 5.74) is 1.73. The van der Waals surface area contributed by atoms with Crippen LogP contribution in [-0.2, 0) is 4.79 Å². The summed E-state index contributed by atoms with van der Waals surface area (Å²) < 4.78 is 19.2. The number of nitrogens with zero attached hydrogens (tertiary/aromatic N) is 2. The summed E-state index contributed by atoms with van der Waals surface area (Å²) in [7, 11) is 1.84. The van der Waals surface area contributed by atoms with Gasteiger partial charge in [0.2, 0.25) is 11.8 Å². The number of nitrogens with one attached hydrogen (secondary N) is 2. The van der Waals surface area contributed by atoms with E-state index in [0.717, 1.165) is 0 Å². The molecule has 0 bridgehead atoms. The number of amides is 1. The molecule has 0 radical (unpaired) electrons. The molecule has 0 spiro atoms. The van der Waals surface area contributed by atoms with Crippen LogP contribution in [0.5, 0.6) is 0 Å². The molecule has 0 saturated carbocycles. The van der Waals surface area contributed by atoms with Gasteiger partial charge in [-0.2, -0.15) is 0 Å². The second kappa shape index (κ2) is 7.33. The Morgan fingerprint density at radius 2 is 2.00 bits per heavy atom. The Labute approximate surface area is 141 Å². The van der Waals surface area contributed by atoms with Crippen molar-refractivity contribution in [3.05, 3.63) is 35.8 Å². The molecule has 24 heavy (non-hydrogen) atoms. The molecule has 2 rings (SSSR count). The van der Waals surface area contributed by atoms with Gasteiger partial charge in [-0.1, -0.05) is 5.16 Å². The summed E-state index contributed by atoms with van der Waals surface area (Å²) in [5.74, 6) is -0.351. The molecule has 1 aromatic carbocycles. The monoisotopic (exact) mass is 334 g/mol. The van der Waals surface area contributed by atoms with Gasteiger partial charge in [0, 0.05) is 24.8 Å². The maximum absolute atomic E-state index is 14.3. The Bertz CT molecular complexity index is 714. The highest BCUT2D eigenvalue weighted by atomic mass is 19.1. The molecular formula is C17H23FN4O2. The number of aromatic nitrogens is 1. The van der Waals surface area contributed by atoms with Gasteiger partial charge < -0.3 is 14.7 Å². The Balaban J connectivity index is 2.02. The van der Waals surface area contributed by atoms with Crippen molar-refractivity contribution in [1.82, 2.24) is 5.16 Å². The van der Waals surface area contributed by atoms with Gasteiger partial charge in [-0.15, -0.1) is 0 Å². The van der Waals surface area contributed by atoms with Crippen molar-refractivity contribution in [1.29, 1.82) is 0 Å². The number of benzene rings is 1. The maximum Gasteiger partial charge on any atom is 0.248 e. The van der Waals surface area contributed by atoms with Crippen LogP contribution in [0, 0.1) is 12.7 Å². The highest BCUT2D eigenvalue weighted by molar-refractivity contribution is 5.95. The van der Waals surface area contributed by atoms with Crippen molar-refractivity contribution in [3.8, 4) is 0 Å². The zero-order chi connectivity index (χ0) is 17.9. The third-order valence-electron chi connectivity index (χ3n) is 3.75. The minimum absolute atomic E-state index is 0.188. The molecule has 7 heteroatoms. The number of carbonyl (C=O) groups excluding carboxylic acids is 1. The van der Waals surface area contributed by atoms with E-state index < -0.39 is 6.04 Å². The first-order valence-electron chi connectivity index (χ1n) is 7.81. The number of anilines is 3. The molecule has 130 valence electrons. The summed E-state index contributed by atoms with van der Waals surface area (Å²) in [6.07, 6.45) is 0. The molecule has 1 amide bonds. The van der Waals surface area contributed by atoms with Gasteiger partial charge in [-0.05, 0) is 45.9 Å². The summed E-state index contributed by atoms with van der Waals surface area (Å²) in [4.78, 5) is 14.0. The maximum atomic E-state index is 14.3. The predicted octanol–water partition coefficient (Wildman–Crippen LogP) is 3.41. The normalized spacial score (nSPS) is 12.1. The number of aryl methyl sites for hydroxylation is 1. The number of rotatable bonds is 6.